The van der Waals surface area contributed by atoms with Crippen molar-refractivity contribution in [1.82, 2.24) is 42.1 Å². The second-order valence-corrected chi connectivity index (χ2v) is 16.1. The minimum atomic E-state index is -1.82. The molecule has 0 unspecified atom stereocenters. The van der Waals surface area contributed by atoms with Crippen LogP contribution in [0.15, 0.2) is 0 Å². The van der Waals surface area contributed by atoms with Crippen molar-refractivity contribution >= 4 is 90.3 Å². The highest BCUT2D eigenvalue weighted by atomic mass is 32.1. The second-order valence-electron chi connectivity index (χ2n) is 15.4. The first-order valence-corrected chi connectivity index (χ1v) is 21.9. The van der Waals surface area contributed by atoms with Gasteiger partial charge in [0.15, 0.2) is 0 Å². The Hall–Kier alpha value is -5.29. The molecule has 0 aromatic carbocycles. The number of aliphatic carboxylic acids is 1. The number of nitrogens with one attached hydrogen (secondary N) is 7. The molecule has 0 radical (unpaired) electrons. The number of unbranched alkanes of at least 4 members (excludes halogenated alkanes) is 1. The Balaban J connectivity index is 3.08. The molecule has 0 aromatic heterocycles. The summed E-state index contributed by atoms with van der Waals surface area (Å²) in [5, 5.41) is 46.1. The Labute approximate surface area is 385 Å². The molecule has 10 amide bonds. The van der Waals surface area contributed by atoms with E-state index < -0.39 is 144 Å². The van der Waals surface area contributed by atoms with Crippen molar-refractivity contribution in [3.05, 3.63) is 0 Å². The Morgan fingerprint density at radius 1 is 0.646 bits per heavy atom. The van der Waals surface area contributed by atoms with Gasteiger partial charge >= 0.3 is 5.97 Å². The highest BCUT2D eigenvalue weighted by Crippen LogP contribution is 2.20. The van der Waals surface area contributed by atoms with Crippen LogP contribution in [-0.4, -0.2) is 176 Å². The van der Waals surface area contributed by atoms with Crippen LogP contribution in [0.3, 0.4) is 0 Å². The Kier molecular flexibility index (Phi) is 25.4. The normalized spacial score (nSPS) is 18.0. The molecule has 28 heteroatoms. The van der Waals surface area contributed by atoms with Crippen molar-refractivity contribution < 1.29 is 68.1 Å². The number of nitrogens with zero attached hydrogens (tertiary/aromatic N) is 1. The van der Waals surface area contributed by atoms with Gasteiger partial charge in [-0.15, -0.1) is 0 Å². The van der Waals surface area contributed by atoms with Gasteiger partial charge in [-0.05, 0) is 65.8 Å². The van der Waals surface area contributed by atoms with E-state index >= 15 is 0 Å². The van der Waals surface area contributed by atoms with E-state index in [0.717, 1.165) is 6.92 Å². The van der Waals surface area contributed by atoms with Crippen LogP contribution in [0.5, 0.6) is 0 Å². The van der Waals surface area contributed by atoms with Crippen LogP contribution in [0, 0.1) is 0 Å². The number of thiol groups is 2. The number of aliphatic hydroxyl groups is 2. The summed E-state index contributed by atoms with van der Waals surface area (Å²) in [6, 6.07) is -13.1. The van der Waals surface area contributed by atoms with Crippen molar-refractivity contribution in [2.75, 3.05) is 24.6 Å². The third-order valence-corrected chi connectivity index (χ3v) is 10.7. The molecule has 1 heterocycles. The third-order valence-electron chi connectivity index (χ3n) is 9.97. The van der Waals surface area contributed by atoms with Crippen LogP contribution >= 0.6 is 25.3 Å². The number of primary amides is 2. The van der Waals surface area contributed by atoms with Gasteiger partial charge in [0.2, 0.25) is 59.1 Å². The molecule has 65 heavy (non-hydrogen) atoms. The highest BCUT2D eigenvalue weighted by Gasteiger charge is 2.39. The van der Waals surface area contributed by atoms with Crippen LogP contribution in [0.4, 0.5) is 0 Å². The van der Waals surface area contributed by atoms with Crippen LogP contribution in [-0.2, 0) is 52.7 Å². The number of rotatable bonds is 29. The molecule has 1 fully saturated rings. The van der Waals surface area contributed by atoms with Crippen LogP contribution < -0.4 is 60.2 Å². The molecule has 368 valence electrons. The van der Waals surface area contributed by atoms with Crippen LogP contribution in [0.1, 0.15) is 72.1 Å². The van der Waals surface area contributed by atoms with Gasteiger partial charge in [-0.2, -0.15) is 25.3 Å². The summed E-state index contributed by atoms with van der Waals surface area (Å²) in [4.78, 5) is 141. The zero-order valence-corrected chi connectivity index (χ0v) is 38.1. The molecule has 1 aliphatic heterocycles. The minimum absolute atomic E-state index is 0.0357. The van der Waals surface area contributed by atoms with E-state index in [1.165, 1.54) is 18.7 Å². The molecule has 1 saturated heterocycles. The number of carboxylic acids is 1. The molecule has 11 atom stereocenters. The predicted octanol–water partition coefficient (Wildman–Crippen LogP) is -7.31. The van der Waals surface area contributed by atoms with E-state index in [1.807, 2.05) is 0 Å². The number of hydrogen-bond acceptors (Lipinski definition) is 17. The fourth-order valence-corrected chi connectivity index (χ4v) is 6.78. The van der Waals surface area contributed by atoms with E-state index in [-0.39, 0.29) is 44.5 Å². The van der Waals surface area contributed by atoms with E-state index in [1.54, 1.807) is 0 Å². The van der Waals surface area contributed by atoms with E-state index in [2.05, 4.69) is 62.5 Å². The quantitative estimate of drug-likeness (QED) is 0.0245. The number of carbonyl (C=O) groups excluding carboxylic acids is 10. The van der Waals surface area contributed by atoms with Crippen molar-refractivity contribution in [2.24, 2.45) is 22.9 Å². The summed E-state index contributed by atoms with van der Waals surface area (Å²) < 4.78 is 0. The lowest BCUT2D eigenvalue weighted by Crippen LogP contribution is -2.62. The number of hydrogen-bond donors (Lipinski definition) is 16. The van der Waals surface area contributed by atoms with Crippen LogP contribution in [0.2, 0.25) is 0 Å². The fraction of sp³-hybridized carbons (Fsp3) is 0.703. The largest absolute Gasteiger partial charge is 0.480 e. The molecule has 26 nitrogen and oxygen atoms in total. The monoisotopic (exact) mass is 964 g/mol. The lowest BCUT2D eigenvalue weighted by Gasteiger charge is -2.29. The minimum Gasteiger partial charge on any atom is -0.480 e. The van der Waals surface area contributed by atoms with E-state index in [9.17, 15) is 68.1 Å². The first-order valence-electron chi connectivity index (χ1n) is 20.7. The fourth-order valence-electron chi connectivity index (χ4n) is 6.27. The molecule has 1 aliphatic rings. The second kappa shape index (κ2) is 28.6. The smallest absolute Gasteiger partial charge is 0.327 e. The molecule has 0 aromatic rings. The van der Waals surface area contributed by atoms with Crippen molar-refractivity contribution in [2.45, 2.75) is 139 Å². The Morgan fingerprint density at radius 2 is 1.15 bits per heavy atom. The summed E-state index contributed by atoms with van der Waals surface area (Å²) in [6.07, 6.45) is -2.65. The third kappa shape index (κ3) is 19.4. The molecular weight excluding hydrogens is 901 g/mol. The van der Waals surface area contributed by atoms with E-state index in [0.29, 0.717) is 19.3 Å². The van der Waals surface area contributed by atoms with Gasteiger partial charge in [-0.1, -0.05) is 0 Å². The maximum atomic E-state index is 13.6. The van der Waals surface area contributed by atoms with Crippen molar-refractivity contribution in [1.29, 1.82) is 0 Å². The molecule has 0 saturated carbocycles. The standard InChI is InChI=1S/C37H64N12O14S2/c1-16(29(54)45-22(14-64)32(57)48-28(18(3)51)35(60)44-21(13-26(41)53)31(56)46-23(15-65)37(62)63)42-34(59)27(17(2)50)47-30(55)20(7-4-5-11-38)43-33(58)24-8-6-12-49(24)36(61)19(39)9-10-25(40)52/h16-24,27-28,50-51,64-65H,4-15,38-39H2,1-3H3,(H2,40,52)(H2,41,53)(H,42,59)(H,43,58)(H,44,60)(H,45,54)(H,46,56)(H,47,55)(H,48,57)(H,62,63)/t16-,17+,18+,19-,20-,21-,22-,23-,24-,27-,28-/m0/s1. The summed E-state index contributed by atoms with van der Waals surface area (Å²) in [6.45, 7) is 3.92. The first kappa shape index (κ1) is 57.7. The van der Waals surface area contributed by atoms with Gasteiger partial charge in [-0.25, -0.2) is 4.79 Å². The maximum Gasteiger partial charge on any atom is 0.327 e. The maximum absolute atomic E-state index is 13.6. The Bertz CT molecular complexity index is 1730. The molecule has 0 spiro atoms. The van der Waals surface area contributed by atoms with Gasteiger partial charge in [-0.3, -0.25) is 47.9 Å². The zero-order valence-electron chi connectivity index (χ0n) is 36.3. The molecular formula is C37H64N12O14S2. The number of likely N-dealkylation sites (tertiary alicyclic amines) is 1. The Morgan fingerprint density at radius 3 is 1.65 bits per heavy atom. The number of carboxylic acid groups (broad SMARTS) is 1. The zero-order chi connectivity index (χ0) is 49.7. The molecule has 0 bridgehead atoms. The predicted molar refractivity (Wildman–Crippen MR) is 236 cm³/mol. The number of amides is 10. The number of nitrogens with two attached hydrogens (primary N) is 4. The lowest BCUT2D eigenvalue weighted by atomic mass is 10.0. The first-order chi connectivity index (χ1) is 30.4. The van der Waals surface area contributed by atoms with Gasteiger partial charge < -0.3 is 80.4 Å². The van der Waals surface area contributed by atoms with Crippen molar-refractivity contribution in [3.8, 4) is 0 Å². The average molecular weight is 965 g/mol. The highest BCUT2D eigenvalue weighted by molar-refractivity contribution is 7.80. The molecule has 18 N–H and O–H groups in total. The number of carbonyl (C=O) groups is 11. The average Bonchev–Trinajstić information content (AvgIpc) is 3.73. The summed E-state index contributed by atoms with van der Waals surface area (Å²) >= 11 is 7.90. The van der Waals surface area contributed by atoms with Crippen molar-refractivity contribution in [3.63, 3.8) is 0 Å². The van der Waals surface area contributed by atoms with Gasteiger partial charge in [0.1, 0.15) is 48.3 Å². The number of aliphatic hydroxyl groups excluding tert-OH is 2. The van der Waals surface area contributed by atoms with Gasteiger partial charge in [0.25, 0.3) is 0 Å². The van der Waals surface area contributed by atoms with E-state index in [4.69, 9.17) is 22.9 Å². The molecule has 0 aliphatic carbocycles. The topological polar surface area (TPSA) is 440 Å². The summed E-state index contributed by atoms with van der Waals surface area (Å²) in [5.74, 6) is -11.6. The summed E-state index contributed by atoms with van der Waals surface area (Å²) in [7, 11) is 0. The summed E-state index contributed by atoms with van der Waals surface area (Å²) in [5.41, 5.74) is 21.9. The molecule has 1 rings (SSSR count). The van der Waals surface area contributed by atoms with Gasteiger partial charge in [0, 0.05) is 24.5 Å². The van der Waals surface area contributed by atoms with Crippen LogP contribution in [0.25, 0.3) is 0 Å². The SMILES string of the molecule is C[C@H](NC(=O)[C@@H](NC(=O)[C@H](CCCCN)NC(=O)[C@@H]1CCCN1C(=O)[C@@H](N)CCC(N)=O)[C@@H](C)O)C(=O)N[C@@H](CS)C(=O)N[C@H](C(=O)N[C@@H](CC(N)=O)C(=O)N[C@@H](CS)C(=O)O)[C@@H](C)O. The lowest BCUT2D eigenvalue weighted by molar-refractivity contribution is -0.142. The van der Waals surface area contributed by atoms with Gasteiger partial charge in [0.05, 0.1) is 24.7 Å².